The zero-order valence-electron chi connectivity index (χ0n) is 36.6. The second-order valence-corrected chi connectivity index (χ2v) is 18.1. The summed E-state index contributed by atoms with van der Waals surface area (Å²) in [7, 11) is 1.48. The number of aliphatic hydroxyl groups excluding tert-OH is 1. The molecule has 2 fully saturated rings. The number of methoxy groups -OCH3 is 1. The number of amides is 4. The van der Waals surface area contributed by atoms with Crippen LogP contribution in [0.15, 0.2) is 78.4 Å². The standard InChI is InChI=1S/C46H54FN9O7S/c1-26(28-10-12-29(13-11-28)41-27(2)48-25-64-41)50-44(60)37-21-31(57)22-56(37)45(61)42(46(3,4)5)53-40(58)24-63-38-17-19-55(23-32(38)47)30-14-15-35(39(20-30)62-6)52-43(59)36-9-7-8-33(51-36)34-16-18-49-54-34/h7-16,18,20,25-26,31-32,37-38,42,57H,17,19,21-24H2,1-6H3,(H,49,54)(H,50,60)(H,52,59)(H,53,58)/t26-,31+,32-,37-,38+,42+/m0/s1. The minimum absolute atomic E-state index is 0.0220. The molecule has 18 heteroatoms. The Labute approximate surface area is 375 Å². The summed E-state index contributed by atoms with van der Waals surface area (Å²) in [4.78, 5) is 67.4. The van der Waals surface area contributed by atoms with Crippen molar-refractivity contribution in [3.8, 4) is 27.6 Å². The minimum atomic E-state index is -1.45. The van der Waals surface area contributed by atoms with Crippen LogP contribution in [-0.2, 0) is 19.1 Å². The average Bonchev–Trinajstić information content (AvgIpc) is 4.07. The number of pyridine rings is 1. The molecular weight excluding hydrogens is 842 g/mol. The SMILES string of the molecule is COc1cc(N2CC[C@@H](OCC(=O)N[C@H](C(=O)N3C[C@H](O)C[C@H]3C(=O)N[C@@H](C)c3ccc(-c4scnc4C)cc3)C(C)(C)C)[C@@H](F)C2)ccc1NC(=O)c1cccc(-c2ccn[nH]2)n1. The van der Waals surface area contributed by atoms with Crippen LogP contribution in [0.4, 0.5) is 15.8 Å². The average molecular weight is 896 g/mol. The molecule has 5 heterocycles. The molecule has 16 nitrogen and oxygen atoms in total. The molecular formula is C46H54FN9O7S. The largest absolute Gasteiger partial charge is 0.494 e. The number of alkyl halides is 1. The van der Waals surface area contributed by atoms with E-state index in [1.165, 1.54) is 12.0 Å². The first-order valence-electron chi connectivity index (χ1n) is 21.1. The van der Waals surface area contributed by atoms with Gasteiger partial charge in [-0.25, -0.2) is 14.4 Å². The number of anilines is 2. The fourth-order valence-corrected chi connectivity index (χ4v) is 8.79. The molecule has 5 aromatic rings. The molecule has 5 N–H and O–H groups in total. The number of hydrogen-bond acceptors (Lipinski definition) is 12. The Morgan fingerprint density at radius 1 is 1.05 bits per heavy atom. The highest BCUT2D eigenvalue weighted by Gasteiger charge is 2.45. The highest BCUT2D eigenvalue weighted by Crippen LogP contribution is 2.33. The lowest BCUT2D eigenvalue weighted by Gasteiger charge is -2.37. The number of H-pyrrole nitrogens is 1. The van der Waals surface area contributed by atoms with Crippen molar-refractivity contribution >= 4 is 46.3 Å². The van der Waals surface area contributed by atoms with Crippen molar-refractivity contribution < 1.29 is 38.1 Å². The molecule has 6 atom stereocenters. The number of aliphatic hydroxyl groups is 1. The number of aromatic nitrogens is 4. The van der Waals surface area contributed by atoms with Gasteiger partial charge in [0.25, 0.3) is 5.91 Å². The van der Waals surface area contributed by atoms with Crippen LogP contribution in [0.2, 0.25) is 0 Å². The van der Waals surface area contributed by atoms with E-state index in [1.54, 1.807) is 86.3 Å². The Hall–Kier alpha value is -6.24. The number of thiazole rings is 1. The van der Waals surface area contributed by atoms with Gasteiger partial charge in [0.2, 0.25) is 17.7 Å². The lowest BCUT2D eigenvalue weighted by atomic mass is 9.85. The van der Waals surface area contributed by atoms with E-state index in [1.807, 2.05) is 43.0 Å². The maximum Gasteiger partial charge on any atom is 0.274 e. The van der Waals surface area contributed by atoms with Crippen LogP contribution in [-0.4, -0.2) is 118 Å². The van der Waals surface area contributed by atoms with Crippen molar-refractivity contribution in [2.75, 3.05) is 43.6 Å². The smallest absolute Gasteiger partial charge is 0.274 e. The Kier molecular flexibility index (Phi) is 14.1. The van der Waals surface area contributed by atoms with Gasteiger partial charge in [0, 0.05) is 37.5 Å². The van der Waals surface area contributed by atoms with Gasteiger partial charge in [0.1, 0.15) is 36.3 Å². The van der Waals surface area contributed by atoms with E-state index in [-0.39, 0.29) is 37.7 Å². The number of carbonyl (C=O) groups excluding carboxylic acids is 4. The topological polar surface area (TPSA) is 204 Å². The van der Waals surface area contributed by atoms with Gasteiger partial charge in [0.05, 0.1) is 65.1 Å². The number of nitrogens with zero attached hydrogens (tertiary/aromatic N) is 5. The van der Waals surface area contributed by atoms with Crippen LogP contribution in [0.25, 0.3) is 21.8 Å². The maximum absolute atomic E-state index is 15.7. The number of ether oxygens (including phenoxy) is 2. The third-order valence-corrected chi connectivity index (χ3v) is 12.5. The van der Waals surface area contributed by atoms with Crippen molar-refractivity contribution in [3.63, 3.8) is 0 Å². The third-order valence-electron chi connectivity index (χ3n) is 11.5. The molecule has 2 aliphatic heterocycles. The van der Waals surface area contributed by atoms with Crippen molar-refractivity contribution in [2.45, 2.75) is 84.0 Å². The predicted molar refractivity (Wildman–Crippen MR) is 241 cm³/mol. The zero-order chi connectivity index (χ0) is 45.7. The number of nitrogens with one attached hydrogen (secondary N) is 4. The van der Waals surface area contributed by atoms with Gasteiger partial charge >= 0.3 is 0 Å². The zero-order valence-corrected chi connectivity index (χ0v) is 37.4. The highest BCUT2D eigenvalue weighted by molar-refractivity contribution is 7.13. The molecule has 3 aromatic heterocycles. The van der Waals surface area contributed by atoms with Crippen molar-refractivity contribution in [2.24, 2.45) is 5.41 Å². The Morgan fingerprint density at radius 2 is 1.83 bits per heavy atom. The van der Waals surface area contributed by atoms with Gasteiger partial charge in [-0.15, -0.1) is 11.3 Å². The Balaban J connectivity index is 0.914. The lowest BCUT2D eigenvalue weighted by molar-refractivity contribution is -0.145. The lowest BCUT2D eigenvalue weighted by Crippen LogP contribution is -2.58. The summed E-state index contributed by atoms with van der Waals surface area (Å²) in [6.07, 6.45) is -1.34. The summed E-state index contributed by atoms with van der Waals surface area (Å²) in [6.45, 7) is 9.01. The van der Waals surface area contributed by atoms with Crippen LogP contribution in [0, 0.1) is 12.3 Å². The minimum Gasteiger partial charge on any atom is -0.494 e. The first-order valence-corrected chi connectivity index (χ1v) is 22.0. The van der Waals surface area contributed by atoms with E-state index < -0.39 is 66.1 Å². The van der Waals surface area contributed by atoms with Gasteiger partial charge in [0.15, 0.2) is 0 Å². The summed E-state index contributed by atoms with van der Waals surface area (Å²) in [5.74, 6) is -1.60. The number of aromatic amines is 1. The number of hydrogen-bond donors (Lipinski definition) is 5. The quantitative estimate of drug-likeness (QED) is 0.0946. The van der Waals surface area contributed by atoms with E-state index in [0.29, 0.717) is 35.1 Å². The monoisotopic (exact) mass is 895 g/mol. The first-order chi connectivity index (χ1) is 30.6. The molecule has 0 bridgehead atoms. The fraction of sp³-hybridized carbons (Fsp3) is 0.413. The van der Waals surface area contributed by atoms with E-state index in [2.05, 4.69) is 36.1 Å². The molecule has 0 radical (unpaired) electrons. The van der Waals surface area contributed by atoms with Crippen LogP contribution >= 0.6 is 11.3 Å². The van der Waals surface area contributed by atoms with Crippen molar-refractivity contribution in [1.29, 1.82) is 0 Å². The number of aryl methyl sites for hydroxylation is 1. The number of β-amino-alcohol motifs (C(OH)–C–C–N with tert-alkyl or cyclic N) is 1. The summed E-state index contributed by atoms with van der Waals surface area (Å²) in [5, 5.41) is 26.1. The second-order valence-electron chi connectivity index (χ2n) is 17.2. The molecule has 2 saturated heterocycles. The van der Waals surface area contributed by atoms with Gasteiger partial charge in [-0.1, -0.05) is 51.1 Å². The second kappa shape index (κ2) is 19.7. The Bertz CT molecular complexity index is 2440. The van der Waals surface area contributed by atoms with Crippen molar-refractivity contribution in [3.05, 3.63) is 95.4 Å². The third kappa shape index (κ3) is 10.6. The fourth-order valence-electron chi connectivity index (χ4n) is 7.98. The van der Waals surface area contributed by atoms with Gasteiger partial charge in [-0.05, 0) is 67.1 Å². The highest BCUT2D eigenvalue weighted by atomic mass is 32.1. The number of carbonyl (C=O) groups is 4. The van der Waals surface area contributed by atoms with E-state index in [9.17, 15) is 24.3 Å². The molecule has 7 rings (SSSR count). The molecule has 2 aliphatic rings. The number of piperidine rings is 1. The van der Waals surface area contributed by atoms with Crippen molar-refractivity contribution in [1.82, 2.24) is 35.7 Å². The summed E-state index contributed by atoms with van der Waals surface area (Å²) < 4.78 is 27.1. The summed E-state index contributed by atoms with van der Waals surface area (Å²) in [6, 6.07) is 17.4. The van der Waals surface area contributed by atoms with Crippen LogP contribution < -0.4 is 25.6 Å². The number of likely N-dealkylation sites (tertiary alicyclic amines) is 1. The number of halogens is 1. The van der Waals surface area contributed by atoms with E-state index in [0.717, 1.165) is 21.7 Å². The molecule has 338 valence electrons. The molecule has 0 saturated carbocycles. The van der Waals surface area contributed by atoms with E-state index in [4.69, 9.17) is 9.47 Å². The van der Waals surface area contributed by atoms with E-state index >= 15 is 4.39 Å². The Morgan fingerprint density at radius 3 is 2.50 bits per heavy atom. The summed E-state index contributed by atoms with van der Waals surface area (Å²) >= 11 is 1.56. The maximum atomic E-state index is 15.7. The van der Waals surface area contributed by atoms with Crippen LogP contribution in [0.3, 0.4) is 0 Å². The van der Waals surface area contributed by atoms with Gasteiger partial charge in [-0.3, -0.25) is 24.3 Å². The normalized spacial score (nSPS) is 19.8. The van der Waals surface area contributed by atoms with Crippen LogP contribution in [0.5, 0.6) is 5.75 Å². The van der Waals surface area contributed by atoms with Gasteiger partial charge in [-0.2, -0.15) is 5.10 Å². The van der Waals surface area contributed by atoms with Crippen LogP contribution in [0.1, 0.15) is 68.3 Å². The number of rotatable bonds is 14. The molecule has 0 unspecified atom stereocenters. The molecule has 64 heavy (non-hydrogen) atoms. The predicted octanol–water partition coefficient (Wildman–Crippen LogP) is 5.47. The molecule has 4 amide bonds. The molecule has 2 aromatic carbocycles. The first kappa shape index (κ1) is 45.8. The van der Waals surface area contributed by atoms with Gasteiger partial charge < -0.3 is 40.3 Å². The molecule has 0 spiro atoms. The molecule has 0 aliphatic carbocycles. The summed E-state index contributed by atoms with van der Waals surface area (Å²) in [5.41, 5.74) is 6.37. The number of benzene rings is 2.